The van der Waals surface area contributed by atoms with Crippen LogP contribution in [0.1, 0.15) is 91.8 Å². The van der Waals surface area contributed by atoms with E-state index in [0.29, 0.717) is 5.92 Å². The van der Waals surface area contributed by atoms with E-state index in [4.69, 9.17) is 4.99 Å². The summed E-state index contributed by atoms with van der Waals surface area (Å²) in [6.45, 7) is 29.1. The van der Waals surface area contributed by atoms with Crippen molar-refractivity contribution in [2.45, 2.75) is 87.5 Å². The van der Waals surface area contributed by atoms with Crippen molar-refractivity contribution in [1.29, 1.82) is 0 Å². The lowest BCUT2D eigenvalue weighted by atomic mass is 9.86. The molecule has 0 spiro atoms. The van der Waals surface area contributed by atoms with E-state index in [2.05, 4.69) is 134 Å². The Hall–Kier alpha value is -3.39. The predicted molar refractivity (Wildman–Crippen MR) is 177 cm³/mol. The van der Waals surface area contributed by atoms with Crippen LogP contribution in [-0.4, -0.2) is 5.71 Å². The molecule has 0 radical (unpaired) electrons. The summed E-state index contributed by atoms with van der Waals surface area (Å²) < 4.78 is 0. The van der Waals surface area contributed by atoms with Gasteiger partial charge in [0.25, 0.3) is 0 Å². The van der Waals surface area contributed by atoms with Gasteiger partial charge in [-0.3, -0.25) is 0 Å². The second-order valence-electron chi connectivity index (χ2n) is 10.8. The Morgan fingerprint density at radius 3 is 2.08 bits per heavy atom. The van der Waals surface area contributed by atoms with Crippen molar-refractivity contribution in [3.05, 3.63) is 125 Å². The normalized spacial score (nSPS) is 14.1. The topological polar surface area (TPSA) is 24.4 Å². The highest BCUT2D eigenvalue weighted by molar-refractivity contribution is 6.05. The highest BCUT2D eigenvalue weighted by Gasteiger charge is 2.24. The molecule has 0 saturated carbocycles. The van der Waals surface area contributed by atoms with Gasteiger partial charge in [-0.1, -0.05) is 128 Å². The van der Waals surface area contributed by atoms with Crippen LogP contribution in [0.25, 0.3) is 0 Å². The van der Waals surface area contributed by atoms with Crippen LogP contribution >= 0.6 is 0 Å². The first-order chi connectivity index (χ1) is 18.5. The fraction of sp³-hybridized carbons (Fsp3) is 0.378. The summed E-state index contributed by atoms with van der Waals surface area (Å²) in [5.74, 6) is 0.494. The van der Waals surface area contributed by atoms with Gasteiger partial charge in [0.15, 0.2) is 0 Å². The molecule has 210 valence electrons. The molecule has 3 rings (SSSR count). The molecule has 1 unspecified atom stereocenters. The third-order valence-electron chi connectivity index (χ3n) is 6.40. The molecular weight excluding hydrogens is 472 g/mol. The molecule has 0 aliphatic carbocycles. The van der Waals surface area contributed by atoms with Crippen molar-refractivity contribution in [2.24, 2.45) is 10.9 Å². The Morgan fingerprint density at radius 1 is 1.03 bits per heavy atom. The van der Waals surface area contributed by atoms with Crippen molar-refractivity contribution >= 4 is 11.4 Å². The van der Waals surface area contributed by atoms with Gasteiger partial charge in [-0.15, -0.1) is 6.58 Å². The zero-order valence-electron chi connectivity index (χ0n) is 26.3. The van der Waals surface area contributed by atoms with Crippen molar-refractivity contribution in [2.75, 3.05) is 5.32 Å². The molecular formula is C37H52N2. The average Bonchev–Trinajstić information content (AvgIpc) is 3.36. The summed E-state index contributed by atoms with van der Waals surface area (Å²) in [5.41, 5.74) is 10.3. The number of aryl methyl sites for hydroxylation is 1. The minimum Gasteiger partial charge on any atom is -0.354 e. The fourth-order valence-electron chi connectivity index (χ4n) is 4.04. The van der Waals surface area contributed by atoms with E-state index in [9.17, 15) is 0 Å². The third-order valence-corrected chi connectivity index (χ3v) is 6.40. The quantitative estimate of drug-likeness (QED) is 0.269. The van der Waals surface area contributed by atoms with Crippen LogP contribution < -0.4 is 5.32 Å². The Bertz CT molecular complexity index is 1180. The van der Waals surface area contributed by atoms with Crippen LogP contribution in [0, 0.1) is 12.8 Å². The molecule has 1 aliphatic rings. The number of allylic oxidation sites excluding steroid dienone is 6. The monoisotopic (exact) mass is 524 g/mol. The van der Waals surface area contributed by atoms with Crippen LogP contribution in [0.3, 0.4) is 0 Å². The lowest BCUT2D eigenvalue weighted by molar-refractivity contribution is 0.590. The Balaban J connectivity index is 0.00000142. The Kier molecular flexibility index (Phi) is 14.3. The summed E-state index contributed by atoms with van der Waals surface area (Å²) >= 11 is 0. The van der Waals surface area contributed by atoms with Gasteiger partial charge < -0.3 is 5.32 Å². The Labute approximate surface area is 240 Å². The molecule has 2 aromatic carbocycles. The first-order valence-electron chi connectivity index (χ1n) is 14.4. The second kappa shape index (κ2) is 16.5. The van der Waals surface area contributed by atoms with Gasteiger partial charge in [-0.05, 0) is 66.5 Å². The Morgan fingerprint density at radius 2 is 1.59 bits per heavy atom. The average molecular weight is 525 g/mol. The number of benzene rings is 2. The van der Waals surface area contributed by atoms with Gasteiger partial charge in [-0.2, -0.15) is 0 Å². The number of hydrogen-bond donors (Lipinski definition) is 1. The molecule has 0 fully saturated rings. The van der Waals surface area contributed by atoms with Gasteiger partial charge >= 0.3 is 0 Å². The van der Waals surface area contributed by atoms with E-state index < -0.39 is 0 Å². The molecule has 39 heavy (non-hydrogen) atoms. The molecule has 2 aromatic rings. The highest BCUT2D eigenvalue weighted by atomic mass is 15.0. The van der Waals surface area contributed by atoms with E-state index >= 15 is 0 Å². The van der Waals surface area contributed by atoms with Crippen LogP contribution in [-0.2, 0) is 5.41 Å². The molecule has 1 atom stereocenters. The summed E-state index contributed by atoms with van der Waals surface area (Å²) in [6, 6.07) is 17.3. The van der Waals surface area contributed by atoms with E-state index in [0.717, 1.165) is 35.6 Å². The zero-order valence-corrected chi connectivity index (χ0v) is 26.3. The highest BCUT2D eigenvalue weighted by Crippen LogP contribution is 2.35. The van der Waals surface area contributed by atoms with Gasteiger partial charge in [0, 0.05) is 12.1 Å². The van der Waals surface area contributed by atoms with Gasteiger partial charge in [0.1, 0.15) is 0 Å². The van der Waals surface area contributed by atoms with E-state index in [1.54, 1.807) is 6.08 Å². The maximum atomic E-state index is 5.14. The standard InChI is InChI=1S/C32H40N2.C3H6.C2H6/c1-9-11-26(20-22(3)10-2)29-21-30(25-14-16-27(17-15-25)32(6,7)8)34-31(29)24(5)33-28-18-12-23(4)13-19-28;1-3-2;1-2/h9,11-20,22,33H,5,10,21H2,1-4,6-8H3;3H,1H2,2H3;1-2H3/b11-9-,26-20+;;. The molecule has 1 N–H and O–H groups in total. The number of nitrogens with one attached hydrogen (secondary N) is 1. The van der Waals surface area contributed by atoms with Gasteiger partial charge in [-0.25, -0.2) is 4.99 Å². The van der Waals surface area contributed by atoms with Crippen molar-refractivity contribution in [3.8, 4) is 0 Å². The second-order valence-corrected chi connectivity index (χ2v) is 10.8. The minimum absolute atomic E-state index is 0.134. The predicted octanol–water partition coefficient (Wildman–Crippen LogP) is 11.1. The third kappa shape index (κ3) is 10.4. The summed E-state index contributed by atoms with van der Waals surface area (Å²) in [6.07, 6.45) is 10.3. The van der Waals surface area contributed by atoms with Crippen LogP contribution in [0.5, 0.6) is 0 Å². The van der Waals surface area contributed by atoms with Crippen LogP contribution in [0.4, 0.5) is 5.69 Å². The number of nitrogens with zero attached hydrogens (tertiary/aromatic N) is 1. The summed E-state index contributed by atoms with van der Waals surface area (Å²) in [4.78, 5) is 5.14. The molecule has 1 aliphatic heterocycles. The first-order valence-corrected chi connectivity index (χ1v) is 14.4. The fourth-order valence-corrected chi connectivity index (χ4v) is 4.04. The molecule has 0 saturated heterocycles. The van der Waals surface area contributed by atoms with Crippen LogP contribution in [0.2, 0.25) is 0 Å². The van der Waals surface area contributed by atoms with E-state index in [1.807, 2.05) is 20.8 Å². The lowest BCUT2D eigenvalue weighted by Gasteiger charge is -2.19. The summed E-state index contributed by atoms with van der Waals surface area (Å²) in [7, 11) is 0. The number of rotatable bonds is 8. The number of aliphatic imine (C=N–C) groups is 1. The molecule has 1 heterocycles. The number of anilines is 1. The van der Waals surface area contributed by atoms with Gasteiger partial charge in [0.2, 0.25) is 0 Å². The molecule has 2 nitrogen and oxygen atoms in total. The molecule has 0 amide bonds. The molecule has 0 aromatic heterocycles. The lowest BCUT2D eigenvalue weighted by Crippen LogP contribution is -2.11. The smallest absolute Gasteiger partial charge is 0.0903 e. The van der Waals surface area contributed by atoms with Crippen molar-refractivity contribution in [1.82, 2.24) is 0 Å². The maximum absolute atomic E-state index is 5.14. The molecule has 0 bridgehead atoms. The largest absolute Gasteiger partial charge is 0.354 e. The minimum atomic E-state index is 0.134. The van der Waals surface area contributed by atoms with Crippen molar-refractivity contribution < 1.29 is 0 Å². The number of hydrogen-bond acceptors (Lipinski definition) is 2. The van der Waals surface area contributed by atoms with Crippen LogP contribution in [0.15, 0.2) is 114 Å². The SMILES string of the molecule is C=C(Nc1ccc(C)cc1)C1=C(C(/C=C\C)=C/C(C)CC)CC(c2ccc(C(C)(C)C)cc2)=N1.C=CC.CC. The maximum Gasteiger partial charge on any atom is 0.0903 e. The zero-order chi connectivity index (χ0) is 29.6. The van der Waals surface area contributed by atoms with E-state index in [1.165, 1.54) is 27.8 Å². The molecule has 2 heteroatoms. The first kappa shape index (κ1) is 33.6. The van der Waals surface area contributed by atoms with Crippen molar-refractivity contribution in [3.63, 3.8) is 0 Å². The summed E-state index contributed by atoms with van der Waals surface area (Å²) in [5, 5.41) is 3.50. The van der Waals surface area contributed by atoms with Gasteiger partial charge in [0.05, 0.1) is 17.1 Å². The van der Waals surface area contributed by atoms with E-state index in [-0.39, 0.29) is 5.41 Å².